The van der Waals surface area contributed by atoms with E-state index in [0.29, 0.717) is 12.1 Å². The molecule has 1 aromatic carbocycles. The van der Waals surface area contributed by atoms with Crippen LogP contribution in [0.1, 0.15) is 28.9 Å². The summed E-state index contributed by atoms with van der Waals surface area (Å²) in [5.74, 6) is -10.6. The predicted molar refractivity (Wildman–Crippen MR) is 63.5 cm³/mol. The van der Waals surface area contributed by atoms with Gasteiger partial charge in [0.2, 0.25) is 0 Å². The second-order valence-electron chi connectivity index (χ2n) is 3.98. The summed E-state index contributed by atoms with van der Waals surface area (Å²) in [6.07, 6.45) is 0. The normalized spacial score (nSPS) is 12.8. The molecule has 0 bridgehead atoms. The lowest BCUT2D eigenvalue weighted by atomic mass is 9.97. The van der Waals surface area contributed by atoms with E-state index < -0.39 is 46.6 Å². The number of alkyl halides is 2. The van der Waals surface area contributed by atoms with Gasteiger partial charge in [-0.15, -0.1) is 0 Å². The minimum atomic E-state index is -4.34. The third-order valence-electron chi connectivity index (χ3n) is 2.64. The molecule has 0 spiro atoms. The molecule has 1 aromatic rings. The molecule has 0 unspecified atom stereocenters. The van der Waals surface area contributed by atoms with Gasteiger partial charge < -0.3 is 20.7 Å². The Morgan fingerprint density at radius 2 is 2.00 bits per heavy atom. The zero-order valence-corrected chi connectivity index (χ0v) is 10.8. The molecule has 9 heteroatoms. The fourth-order valence-electron chi connectivity index (χ4n) is 1.59. The van der Waals surface area contributed by atoms with Gasteiger partial charge in [-0.2, -0.15) is 8.78 Å². The van der Waals surface area contributed by atoms with Crippen molar-refractivity contribution in [3.63, 3.8) is 0 Å². The minimum Gasteiger partial charge on any atom is -0.507 e. The van der Waals surface area contributed by atoms with Gasteiger partial charge in [0.15, 0.2) is 0 Å². The first-order valence-corrected chi connectivity index (χ1v) is 5.69. The maximum absolute atomic E-state index is 13.8. The maximum Gasteiger partial charge on any atom is 0.379 e. The van der Waals surface area contributed by atoms with Crippen LogP contribution in [0, 0.1) is 5.82 Å². The van der Waals surface area contributed by atoms with E-state index in [4.69, 9.17) is 10.8 Å². The van der Waals surface area contributed by atoms with Gasteiger partial charge in [0.25, 0.3) is 0 Å². The molecule has 0 fully saturated rings. The maximum atomic E-state index is 13.8. The Hall–Kier alpha value is -2.29. The van der Waals surface area contributed by atoms with Gasteiger partial charge in [-0.05, 0) is 19.1 Å². The van der Waals surface area contributed by atoms with Crippen molar-refractivity contribution in [3.05, 3.63) is 29.1 Å². The van der Waals surface area contributed by atoms with Crippen LogP contribution in [0.4, 0.5) is 13.2 Å². The molecule has 0 saturated carbocycles. The third kappa shape index (κ3) is 3.07. The zero-order valence-electron chi connectivity index (χ0n) is 10.8. The van der Waals surface area contributed by atoms with Crippen molar-refractivity contribution in [2.45, 2.75) is 18.9 Å². The Bertz CT molecular complexity index is 576. The summed E-state index contributed by atoms with van der Waals surface area (Å²) in [6.45, 7) is 0.924. The first-order valence-electron chi connectivity index (χ1n) is 5.69. The molecule has 0 saturated heterocycles. The van der Waals surface area contributed by atoms with Gasteiger partial charge >= 0.3 is 17.9 Å². The number of halogens is 3. The Morgan fingerprint density at radius 3 is 2.48 bits per heavy atom. The molecule has 0 aromatic heterocycles. The van der Waals surface area contributed by atoms with Gasteiger partial charge in [0, 0.05) is 0 Å². The van der Waals surface area contributed by atoms with E-state index in [1.54, 1.807) is 0 Å². The molecule has 0 amide bonds. The smallest absolute Gasteiger partial charge is 0.379 e. The molecule has 1 rings (SSSR count). The molecule has 6 nitrogen and oxygen atoms in total. The number of aromatic hydroxyl groups is 1. The summed E-state index contributed by atoms with van der Waals surface area (Å²) in [5.41, 5.74) is 3.14. The number of hydrogen-bond donors (Lipinski definition) is 3. The van der Waals surface area contributed by atoms with Crippen LogP contribution < -0.4 is 5.73 Å². The average Bonchev–Trinajstić information content (AvgIpc) is 2.38. The number of carboxylic acids is 1. The van der Waals surface area contributed by atoms with Crippen molar-refractivity contribution < 1.29 is 37.7 Å². The van der Waals surface area contributed by atoms with Gasteiger partial charge in [-0.1, -0.05) is 0 Å². The van der Waals surface area contributed by atoms with Crippen LogP contribution in [0.3, 0.4) is 0 Å². The number of carbonyl (C=O) groups excluding carboxylic acids is 1. The summed E-state index contributed by atoms with van der Waals surface area (Å²) in [7, 11) is 0. The number of hydrogen-bond acceptors (Lipinski definition) is 5. The van der Waals surface area contributed by atoms with E-state index in [-0.39, 0.29) is 6.61 Å². The van der Waals surface area contributed by atoms with Crippen molar-refractivity contribution in [2.75, 3.05) is 6.61 Å². The predicted octanol–water partition coefficient (Wildman–Crippen LogP) is 1.43. The lowest BCUT2D eigenvalue weighted by Crippen LogP contribution is -2.42. The molecule has 4 N–H and O–H groups in total. The van der Waals surface area contributed by atoms with E-state index in [1.807, 2.05) is 0 Å². The molecule has 1 atom stereocenters. The van der Waals surface area contributed by atoms with Gasteiger partial charge in [-0.3, -0.25) is 0 Å². The van der Waals surface area contributed by atoms with Crippen molar-refractivity contribution in [2.24, 2.45) is 5.73 Å². The lowest BCUT2D eigenvalue weighted by Gasteiger charge is -2.23. The monoisotopic (exact) mass is 307 g/mol. The Balaban J connectivity index is 3.36. The van der Waals surface area contributed by atoms with Gasteiger partial charge in [0.05, 0.1) is 12.2 Å². The van der Waals surface area contributed by atoms with Gasteiger partial charge in [-0.25, -0.2) is 14.0 Å². The minimum absolute atomic E-state index is 0.356. The second kappa shape index (κ2) is 6.00. The highest BCUT2D eigenvalue weighted by molar-refractivity contribution is 5.91. The van der Waals surface area contributed by atoms with Crippen molar-refractivity contribution >= 4 is 11.9 Å². The molecule has 21 heavy (non-hydrogen) atoms. The average molecular weight is 307 g/mol. The molecule has 0 aliphatic carbocycles. The van der Waals surface area contributed by atoms with Crippen LogP contribution >= 0.6 is 0 Å². The molecule has 116 valence electrons. The fraction of sp³-hybridized carbons (Fsp3) is 0.333. The molecular weight excluding hydrogens is 295 g/mol. The number of nitrogens with two attached hydrogens (primary N) is 1. The highest BCUT2D eigenvalue weighted by atomic mass is 19.3. The van der Waals surface area contributed by atoms with E-state index >= 15 is 0 Å². The van der Waals surface area contributed by atoms with Crippen LogP contribution in [-0.2, 0) is 9.53 Å². The van der Waals surface area contributed by atoms with Crippen molar-refractivity contribution in [1.29, 1.82) is 0 Å². The third-order valence-corrected chi connectivity index (χ3v) is 2.64. The van der Waals surface area contributed by atoms with Crippen LogP contribution in [-0.4, -0.2) is 34.7 Å². The summed E-state index contributed by atoms with van der Waals surface area (Å²) >= 11 is 0. The fourth-order valence-corrected chi connectivity index (χ4v) is 1.59. The Labute approximate surface area is 116 Å². The highest BCUT2D eigenvalue weighted by Crippen LogP contribution is 2.38. The second-order valence-corrected chi connectivity index (χ2v) is 3.98. The van der Waals surface area contributed by atoms with Crippen LogP contribution in [0.15, 0.2) is 12.1 Å². The number of rotatable bonds is 5. The number of esters is 1. The lowest BCUT2D eigenvalue weighted by molar-refractivity contribution is -0.175. The number of aromatic carboxylic acids is 1. The quantitative estimate of drug-likeness (QED) is 0.710. The van der Waals surface area contributed by atoms with Crippen LogP contribution in [0.5, 0.6) is 5.75 Å². The van der Waals surface area contributed by atoms with E-state index in [1.165, 1.54) is 6.92 Å². The van der Waals surface area contributed by atoms with Crippen molar-refractivity contribution in [1.82, 2.24) is 0 Å². The van der Waals surface area contributed by atoms with E-state index in [2.05, 4.69) is 4.74 Å². The number of ether oxygens (including phenoxy) is 1. The summed E-state index contributed by atoms with van der Waals surface area (Å²) in [6, 6.07) is -1.36. The Kier molecular flexibility index (Phi) is 4.79. The first kappa shape index (κ1) is 16.8. The molecular formula is C12H12F3NO5. The number of benzene rings is 1. The first-order chi connectivity index (χ1) is 9.64. The molecule has 0 aliphatic heterocycles. The molecule has 0 aliphatic rings. The summed E-state index contributed by atoms with van der Waals surface area (Å²) in [4.78, 5) is 21.9. The van der Waals surface area contributed by atoms with Crippen molar-refractivity contribution in [3.8, 4) is 5.75 Å². The zero-order chi connectivity index (χ0) is 16.4. The van der Waals surface area contributed by atoms with E-state index in [0.717, 1.165) is 0 Å². The SMILES string of the molecule is CCOC(=O)C(F)(F)[C@H](N)c1c(F)ccc(C(=O)O)c1O. The summed E-state index contributed by atoms with van der Waals surface area (Å²) < 4.78 is 45.2. The molecule has 0 radical (unpaired) electrons. The number of carboxylic acid groups (broad SMARTS) is 1. The standard InChI is InChI=1S/C12H12F3NO5/c1-2-21-11(20)12(14,15)9(16)7-6(13)4-3-5(8(7)17)10(18)19/h3-4,9,17H,2,16H2,1H3,(H,18,19)/t9-/m1/s1. The largest absolute Gasteiger partial charge is 0.507 e. The van der Waals surface area contributed by atoms with E-state index in [9.17, 15) is 27.9 Å². The van der Waals surface area contributed by atoms with Gasteiger partial charge in [0.1, 0.15) is 23.2 Å². The van der Waals surface area contributed by atoms with Crippen LogP contribution in [0.25, 0.3) is 0 Å². The number of carbonyl (C=O) groups is 2. The molecule has 0 heterocycles. The topological polar surface area (TPSA) is 110 Å². The highest BCUT2D eigenvalue weighted by Gasteiger charge is 2.50. The Morgan fingerprint density at radius 1 is 1.43 bits per heavy atom. The number of phenols is 1. The van der Waals surface area contributed by atoms with Crippen LogP contribution in [0.2, 0.25) is 0 Å². The summed E-state index contributed by atoms with van der Waals surface area (Å²) in [5, 5.41) is 18.4.